The number of anilines is 1. The van der Waals surface area contributed by atoms with Crippen molar-refractivity contribution in [2.24, 2.45) is 0 Å². The smallest absolute Gasteiger partial charge is 0.230 e. The molecule has 104 valence electrons. The van der Waals surface area contributed by atoms with Crippen molar-refractivity contribution in [1.29, 1.82) is 0 Å². The van der Waals surface area contributed by atoms with Gasteiger partial charge in [0.2, 0.25) is 5.91 Å². The second-order valence-electron chi connectivity index (χ2n) is 4.23. The van der Waals surface area contributed by atoms with Crippen LogP contribution in [0.4, 0.5) is 5.69 Å². The van der Waals surface area contributed by atoms with E-state index in [1.54, 1.807) is 0 Å². The van der Waals surface area contributed by atoms with E-state index in [2.05, 4.69) is 21.2 Å². The Labute approximate surface area is 131 Å². The molecule has 20 heavy (non-hydrogen) atoms. The summed E-state index contributed by atoms with van der Waals surface area (Å²) in [6.07, 6.45) is 0. The molecule has 0 heterocycles. The van der Waals surface area contributed by atoms with Crippen LogP contribution in [-0.4, -0.2) is 11.7 Å². The molecule has 0 unspecified atom stereocenters. The summed E-state index contributed by atoms with van der Waals surface area (Å²) in [7, 11) is 0. The normalized spacial score (nSPS) is 10.2. The highest BCUT2D eigenvalue weighted by atomic mass is 79.9. The number of hydrogen-bond acceptors (Lipinski definition) is 3. The number of hydrogen-bond donors (Lipinski definition) is 2. The number of amides is 1. The van der Waals surface area contributed by atoms with E-state index in [0.29, 0.717) is 18.0 Å². The lowest BCUT2D eigenvalue weighted by Gasteiger charge is -2.07. The number of halogens is 1. The van der Waals surface area contributed by atoms with E-state index < -0.39 is 0 Å². The summed E-state index contributed by atoms with van der Waals surface area (Å²) < 4.78 is 0.938. The van der Waals surface area contributed by atoms with Crippen LogP contribution in [-0.2, 0) is 11.3 Å². The molecule has 0 bridgehead atoms. The molecule has 0 fully saturated rings. The Morgan fingerprint density at radius 1 is 1.20 bits per heavy atom. The maximum Gasteiger partial charge on any atom is 0.230 e. The van der Waals surface area contributed by atoms with Crippen LogP contribution in [0.2, 0.25) is 0 Å². The lowest BCUT2D eigenvalue weighted by molar-refractivity contribution is -0.118. The Morgan fingerprint density at radius 3 is 2.65 bits per heavy atom. The van der Waals surface area contributed by atoms with Gasteiger partial charge in [0.25, 0.3) is 0 Å². The largest absolute Gasteiger partial charge is 0.398 e. The molecule has 2 aromatic rings. The number of rotatable bonds is 5. The first-order valence-electron chi connectivity index (χ1n) is 6.13. The maximum absolute atomic E-state index is 11.8. The Hall–Kier alpha value is -1.46. The van der Waals surface area contributed by atoms with Gasteiger partial charge in [-0.1, -0.05) is 46.3 Å². The standard InChI is InChI=1S/C15H15BrN2OS/c16-12-6-7-14(13(17)8-12)20-10-15(19)18-9-11-4-2-1-3-5-11/h1-8H,9-10,17H2,(H,18,19). The summed E-state index contributed by atoms with van der Waals surface area (Å²) in [6.45, 7) is 0.552. The topological polar surface area (TPSA) is 55.1 Å². The lowest BCUT2D eigenvalue weighted by atomic mass is 10.2. The molecule has 0 aliphatic rings. The number of carbonyl (C=O) groups is 1. The van der Waals surface area contributed by atoms with Gasteiger partial charge in [-0.3, -0.25) is 4.79 Å². The van der Waals surface area contributed by atoms with Gasteiger partial charge in [0.1, 0.15) is 0 Å². The van der Waals surface area contributed by atoms with Gasteiger partial charge < -0.3 is 11.1 Å². The fraction of sp³-hybridized carbons (Fsp3) is 0.133. The van der Waals surface area contributed by atoms with Crippen molar-refractivity contribution in [3.05, 3.63) is 58.6 Å². The first-order chi connectivity index (χ1) is 9.65. The lowest BCUT2D eigenvalue weighted by Crippen LogP contribution is -2.24. The molecule has 0 saturated heterocycles. The third-order valence-electron chi connectivity index (χ3n) is 2.66. The molecule has 0 spiro atoms. The molecule has 0 aromatic heterocycles. The Kier molecular flexibility index (Phi) is 5.49. The van der Waals surface area contributed by atoms with Gasteiger partial charge in [0.05, 0.1) is 5.75 Å². The molecule has 1 amide bonds. The summed E-state index contributed by atoms with van der Waals surface area (Å²) in [5, 5.41) is 2.89. The van der Waals surface area contributed by atoms with Crippen molar-refractivity contribution in [3.8, 4) is 0 Å². The monoisotopic (exact) mass is 350 g/mol. The number of nitrogens with two attached hydrogens (primary N) is 1. The van der Waals surface area contributed by atoms with Crippen LogP contribution < -0.4 is 11.1 Å². The third-order valence-corrected chi connectivity index (χ3v) is 4.25. The van der Waals surface area contributed by atoms with Crippen LogP contribution in [0, 0.1) is 0 Å². The number of benzene rings is 2. The molecule has 0 aliphatic heterocycles. The predicted molar refractivity (Wildman–Crippen MR) is 87.6 cm³/mol. The second-order valence-corrected chi connectivity index (χ2v) is 6.17. The van der Waals surface area contributed by atoms with Crippen molar-refractivity contribution in [2.45, 2.75) is 11.4 Å². The van der Waals surface area contributed by atoms with E-state index in [1.807, 2.05) is 48.5 Å². The first kappa shape index (κ1) is 14.9. The predicted octanol–water partition coefficient (Wildman–Crippen LogP) is 3.44. The number of nitrogen functional groups attached to an aromatic ring is 1. The van der Waals surface area contributed by atoms with E-state index in [1.165, 1.54) is 11.8 Å². The minimum Gasteiger partial charge on any atom is -0.398 e. The Balaban J connectivity index is 1.80. The summed E-state index contributed by atoms with van der Waals surface area (Å²) in [5.41, 5.74) is 7.66. The average molecular weight is 351 g/mol. The Morgan fingerprint density at radius 2 is 1.95 bits per heavy atom. The SMILES string of the molecule is Nc1cc(Br)ccc1SCC(=O)NCc1ccccc1. The van der Waals surface area contributed by atoms with Crippen LogP contribution in [0.1, 0.15) is 5.56 Å². The summed E-state index contributed by atoms with van der Waals surface area (Å²) in [4.78, 5) is 12.7. The zero-order chi connectivity index (χ0) is 14.4. The van der Waals surface area contributed by atoms with Gasteiger partial charge >= 0.3 is 0 Å². The summed E-state index contributed by atoms with van der Waals surface area (Å²) in [6, 6.07) is 15.5. The van der Waals surface area contributed by atoms with E-state index in [4.69, 9.17) is 5.73 Å². The van der Waals surface area contributed by atoms with Crippen molar-refractivity contribution in [2.75, 3.05) is 11.5 Å². The molecule has 2 aromatic carbocycles. The summed E-state index contributed by atoms with van der Waals surface area (Å²) in [5.74, 6) is 0.361. The van der Waals surface area contributed by atoms with E-state index in [0.717, 1.165) is 14.9 Å². The highest BCUT2D eigenvalue weighted by Crippen LogP contribution is 2.27. The molecule has 5 heteroatoms. The van der Waals surface area contributed by atoms with Crippen LogP contribution in [0.3, 0.4) is 0 Å². The zero-order valence-corrected chi connectivity index (χ0v) is 13.2. The summed E-state index contributed by atoms with van der Waals surface area (Å²) >= 11 is 4.80. The maximum atomic E-state index is 11.8. The van der Waals surface area contributed by atoms with Crippen molar-refractivity contribution < 1.29 is 4.79 Å². The molecule has 3 N–H and O–H groups in total. The first-order valence-corrected chi connectivity index (χ1v) is 7.91. The van der Waals surface area contributed by atoms with E-state index in [9.17, 15) is 4.79 Å². The number of carbonyl (C=O) groups excluding carboxylic acids is 1. The molecule has 0 radical (unpaired) electrons. The van der Waals surface area contributed by atoms with Gasteiger partial charge in [-0.2, -0.15) is 0 Å². The van der Waals surface area contributed by atoms with E-state index in [-0.39, 0.29) is 5.91 Å². The van der Waals surface area contributed by atoms with Crippen molar-refractivity contribution in [1.82, 2.24) is 5.32 Å². The molecule has 0 atom stereocenters. The van der Waals surface area contributed by atoms with E-state index >= 15 is 0 Å². The minimum atomic E-state index is 0.00109. The van der Waals surface area contributed by atoms with Gasteiger partial charge in [0.15, 0.2) is 0 Å². The molecular formula is C15H15BrN2OS. The average Bonchev–Trinajstić information content (AvgIpc) is 2.45. The zero-order valence-electron chi connectivity index (χ0n) is 10.8. The third kappa shape index (κ3) is 4.58. The fourth-order valence-electron chi connectivity index (χ4n) is 1.64. The van der Waals surface area contributed by atoms with Crippen LogP contribution >= 0.6 is 27.7 Å². The Bertz CT molecular complexity index is 590. The highest BCUT2D eigenvalue weighted by molar-refractivity contribution is 9.10. The highest BCUT2D eigenvalue weighted by Gasteiger charge is 2.05. The molecule has 0 saturated carbocycles. The van der Waals surface area contributed by atoms with Crippen LogP contribution in [0.5, 0.6) is 0 Å². The molecule has 0 aliphatic carbocycles. The quantitative estimate of drug-likeness (QED) is 0.641. The van der Waals surface area contributed by atoms with Crippen LogP contribution in [0.15, 0.2) is 57.9 Å². The van der Waals surface area contributed by atoms with Gasteiger partial charge in [-0.25, -0.2) is 0 Å². The van der Waals surface area contributed by atoms with Crippen molar-refractivity contribution in [3.63, 3.8) is 0 Å². The number of nitrogens with one attached hydrogen (secondary N) is 1. The second kappa shape index (κ2) is 7.36. The van der Waals surface area contributed by atoms with Crippen LogP contribution in [0.25, 0.3) is 0 Å². The molecular weight excluding hydrogens is 336 g/mol. The van der Waals surface area contributed by atoms with Gasteiger partial charge in [0, 0.05) is 21.6 Å². The molecule has 2 rings (SSSR count). The van der Waals surface area contributed by atoms with Gasteiger partial charge in [-0.15, -0.1) is 11.8 Å². The fourth-order valence-corrected chi connectivity index (χ4v) is 2.80. The van der Waals surface area contributed by atoms with Crippen molar-refractivity contribution >= 4 is 39.3 Å². The molecule has 3 nitrogen and oxygen atoms in total. The van der Waals surface area contributed by atoms with Gasteiger partial charge in [-0.05, 0) is 23.8 Å². The minimum absolute atomic E-state index is 0.00109. The number of thioether (sulfide) groups is 1.